The summed E-state index contributed by atoms with van der Waals surface area (Å²) in [4.78, 5) is 35.2. The van der Waals surface area contributed by atoms with Gasteiger partial charge in [0, 0.05) is 18.9 Å². The van der Waals surface area contributed by atoms with E-state index in [9.17, 15) is 19.5 Å². The summed E-state index contributed by atoms with van der Waals surface area (Å²) in [6.07, 6.45) is 14.4. The third kappa shape index (κ3) is 19.0. The normalized spacial score (nSPS) is 10.7. The van der Waals surface area contributed by atoms with Crippen LogP contribution in [0.4, 0.5) is 0 Å². The van der Waals surface area contributed by atoms with Crippen LogP contribution in [0.2, 0.25) is 0 Å². The number of hydrogen-bond donors (Lipinski definition) is 1. The second kappa shape index (κ2) is 23.1. The summed E-state index contributed by atoms with van der Waals surface area (Å²) in [5.41, 5.74) is 0.0764. The number of benzene rings is 1. The highest BCUT2D eigenvalue weighted by molar-refractivity contribution is 5.88. The van der Waals surface area contributed by atoms with Gasteiger partial charge in [0.05, 0.1) is 32.0 Å². The molecular formula is C31H50O8. The lowest BCUT2D eigenvalue weighted by Crippen LogP contribution is -2.07. The van der Waals surface area contributed by atoms with Crippen LogP contribution in [0, 0.1) is 0 Å². The Bertz CT molecular complexity index is 752. The smallest absolute Gasteiger partial charge is 0.335 e. The number of carbonyl (C=O) groups excluding carboxylic acids is 2. The Balaban J connectivity index is 2.25. The van der Waals surface area contributed by atoms with Crippen LogP contribution in [0.15, 0.2) is 18.2 Å². The molecule has 0 saturated carbocycles. The lowest BCUT2D eigenvalue weighted by Gasteiger charge is -2.11. The molecule has 0 aliphatic heterocycles. The van der Waals surface area contributed by atoms with Gasteiger partial charge in [0.25, 0.3) is 0 Å². The summed E-state index contributed by atoms with van der Waals surface area (Å²) in [6.45, 7) is 6.00. The lowest BCUT2D eigenvalue weighted by atomic mass is 10.2. The van der Waals surface area contributed by atoms with Crippen molar-refractivity contribution in [3.05, 3.63) is 23.8 Å². The highest BCUT2D eigenvalue weighted by Gasteiger charge is 2.10. The van der Waals surface area contributed by atoms with E-state index in [1.54, 1.807) is 6.07 Å². The SMILES string of the molecule is CCCCCCCOC(=O)CCCCOc1cc(OCCCCC(=O)OCCCCCCC)cc(C(=O)O)c1. The molecule has 39 heavy (non-hydrogen) atoms. The van der Waals surface area contributed by atoms with Crippen LogP contribution in [0.25, 0.3) is 0 Å². The number of aromatic carboxylic acids is 1. The Morgan fingerprint density at radius 3 is 1.38 bits per heavy atom. The molecule has 0 saturated heterocycles. The molecular weight excluding hydrogens is 500 g/mol. The molecule has 0 spiro atoms. The fourth-order valence-corrected chi connectivity index (χ4v) is 3.91. The van der Waals surface area contributed by atoms with Crippen LogP contribution in [0.5, 0.6) is 11.5 Å². The van der Waals surface area contributed by atoms with Crippen molar-refractivity contribution < 1.29 is 38.4 Å². The molecule has 222 valence electrons. The molecule has 0 radical (unpaired) electrons. The zero-order valence-electron chi connectivity index (χ0n) is 24.2. The molecule has 1 aromatic carbocycles. The molecule has 0 unspecified atom stereocenters. The van der Waals surface area contributed by atoms with E-state index in [1.807, 2.05) is 0 Å². The average Bonchev–Trinajstić information content (AvgIpc) is 2.92. The predicted octanol–water partition coefficient (Wildman–Crippen LogP) is 7.51. The van der Waals surface area contributed by atoms with Gasteiger partial charge in [0.1, 0.15) is 11.5 Å². The van der Waals surface area contributed by atoms with E-state index in [-0.39, 0.29) is 17.5 Å². The molecule has 0 heterocycles. The number of hydrogen-bond acceptors (Lipinski definition) is 7. The monoisotopic (exact) mass is 550 g/mol. The second-order valence-electron chi connectivity index (χ2n) is 9.88. The third-order valence-corrected chi connectivity index (χ3v) is 6.24. The van der Waals surface area contributed by atoms with E-state index < -0.39 is 5.97 Å². The standard InChI is InChI=1S/C31H50O8/c1-3-5-7-9-13-21-38-29(32)17-11-15-19-36-27-23-26(31(34)35)24-28(25-27)37-20-16-12-18-30(33)39-22-14-10-8-6-4-2/h23-25H,3-22H2,1-2H3,(H,34,35). The fourth-order valence-electron chi connectivity index (χ4n) is 3.91. The van der Waals surface area contributed by atoms with Gasteiger partial charge in [-0.1, -0.05) is 65.2 Å². The van der Waals surface area contributed by atoms with Gasteiger partial charge in [-0.05, 0) is 50.7 Å². The van der Waals surface area contributed by atoms with Gasteiger partial charge in [-0.25, -0.2) is 4.79 Å². The largest absolute Gasteiger partial charge is 0.493 e. The Labute approximate surface area is 234 Å². The maximum atomic E-state index is 11.8. The first-order chi connectivity index (χ1) is 19.0. The molecule has 0 aliphatic carbocycles. The lowest BCUT2D eigenvalue weighted by molar-refractivity contribution is -0.144. The van der Waals surface area contributed by atoms with E-state index in [0.29, 0.717) is 76.5 Å². The zero-order chi connectivity index (χ0) is 28.6. The van der Waals surface area contributed by atoms with Crippen LogP contribution in [0.3, 0.4) is 0 Å². The minimum Gasteiger partial charge on any atom is -0.493 e. The molecule has 1 aromatic rings. The first-order valence-corrected chi connectivity index (χ1v) is 14.9. The second-order valence-corrected chi connectivity index (χ2v) is 9.88. The number of rotatable bonds is 25. The minimum atomic E-state index is -1.07. The maximum Gasteiger partial charge on any atom is 0.335 e. The number of esters is 2. The highest BCUT2D eigenvalue weighted by atomic mass is 16.5. The van der Waals surface area contributed by atoms with E-state index in [1.165, 1.54) is 50.7 Å². The van der Waals surface area contributed by atoms with Crippen molar-refractivity contribution in [1.29, 1.82) is 0 Å². The number of ether oxygens (including phenoxy) is 4. The molecule has 1 N–H and O–H groups in total. The minimum absolute atomic E-state index is 0.0764. The zero-order valence-corrected chi connectivity index (χ0v) is 24.2. The average molecular weight is 551 g/mol. The van der Waals surface area contributed by atoms with Gasteiger partial charge in [-0.15, -0.1) is 0 Å². The number of carboxylic acids is 1. The molecule has 0 aromatic heterocycles. The van der Waals surface area contributed by atoms with Crippen molar-refractivity contribution in [3.8, 4) is 11.5 Å². The summed E-state index contributed by atoms with van der Waals surface area (Å²) in [6, 6.07) is 4.58. The van der Waals surface area contributed by atoms with Crippen molar-refractivity contribution in [3.63, 3.8) is 0 Å². The number of unbranched alkanes of at least 4 members (excludes halogenated alkanes) is 10. The van der Waals surface area contributed by atoms with Gasteiger partial charge in [-0.3, -0.25) is 9.59 Å². The summed E-state index contributed by atoms with van der Waals surface area (Å²) in [5.74, 6) is -0.640. The quantitative estimate of drug-likeness (QED) is 0.0984. The Morgan fingerprint density at radius 2 is 0.974 bits per heavy atom. The molecule has 8 heteroatoms. The summed E-state index contributed by atoms with van der Waals surface area (Å²) in [7, 11) is 0. The Hall–Kier alpha value is -2.77. The van der Waals surface area contributed by atoms with Gasteiger partial charge in [0.15, 0.2) is 0 Å². The topological polar surface area (TPSA) is 108 Å². The first-order valence-electron chi connectivity index (χ1n) is 14.9. The number of carbonyl (C=O) groups is 3. The summed E-state index contributed by atoms with van der Waals surface area (Å²) in [5, 5.41) is 9.42. The molecule has 0 amide bonds. The van der Waals surface area contributed by atoms with E-state index in [0.717, 1.165) is 25.7 Å². The Kier molecular flexibility index (Phi) is 20.3. The van der Waals surface area contributed by atoms with E-state index >= 15 is 0 Å². The van der Waals surface area contributed by atoms with Crippen LogP contribution < -0.4 is 9.47 Å². The Morgan fingerprint density at radius 1 is 0.564 bits per heavy atom. The van der Waals surface area contributed by atoms with Gasteiger partial charge < -0.3 is 24.1 Å². The van der Waals surface area contributed by atoms with Crippen LogP contribution in [-0.4, -0.2) is 49.4 Å². The molecule has 0 aliphatic rings. The fraction of sp³-hybridized carbons (Fsp3) is 0.710. The maximum absolute atomic E-state index is 11.8. The molecule has 1 rings (SSSR count). The first kappa shape index (κ1) is 34.3. The van der Waals surface area contributed by atoms with Crippen molar-refractivity contribution in [2.45, 2.75) is 117 Å². The summed E-state index contributed by atoms with van der Waals surface area (Å²) >= 11 is 0. The molecule has 8 nitrogen and oxygen atoms in total. The van der Waals surface area contributed by atoms with Gasteiger partial charge in [-0.2, -0.15) is 0 Å². The van der Waals surface area contributed by atoms with Crippen LogP contribution in [-0.2, 0) is 19.1 Å². The molecule has 0 fully saturated rings. The van der Waals surface area contributed by atoms with Crippen LogP contribution in [0.1, 0.15) is 127 Å². The predicted molar refractivity (Wildman–Crippen MR) is 152 cm³/mol. The van der Waals surface area contributed by atoms with E-state index in [4.69, 9.17) is 18.9 Å². The van der Waals surface area contributed by atoms with E-state index in [2.05, 4.69) is 13.8 Å². The number of carboxylic acid groups (broad SMARTS) is 1. The van der Waals surface area contributed by atoms with Crippen molar-refractivity contribution in [1.82, 2.24) is 0 Å². The highest BCUT2D eigenvalue weighted by Crippen LogP contribution is 2.24. The van der Waals surface area contributed by atoms with Crippen molar-refractivity contribution in [2.24, 2.45) is 0 Å². The van der Waals surface area contributed by atoms with Crippen molar-refractivity contribution in [2.75, 3.05) is 26.4 Å². The molecule has 0 atom stereocenters. The van der Waals surface area contributed by atoms with Gasteiger partial charge >= 0.3 is 17.9 Å². The summed E-state index contributed by atoms with van der Waals surface area (Å²) < 4.78 is 22.0. The molecule has 0 bridgehead atoms. The third-order valence-electron chi connectivity index (χ3n) is 6.24. The van der Waals surface area contributed by atoms with Crippen molar-refractivity contribution >= 4 is 17.9 Å². The van der Waals surface area contributed by atoms with Gasteiger partial charge in [0.2, 0.25) is 0 Å². The van der Waals surface area contributed by atoms with Crippen LogP contribution >= 0.6 is 0 Å².